The van der Waals surface area contributed by atoms with Crippen LogP contribution in [0.1, 0.15) is 48.2 Å². The quantitative estimate of drug-likeness (QED) is 0.396. The lowest BCUT2D eigenvalue weighted by Gasteiger charge is -2.32. The van der Waals surface area contributed by atoms with E-state index in [2.05, 4.69) is 68.2 Å². The summed E-state index contributed by atoms with van der Waals surface area (Å²) in [6.45, 7) is 3.45. The molecule has 0 amide bonds. The van der Waals surface area contributed by atoms with Crippen molar-refractivity contribution in [3.63, 3.8) is 0 Å². The smallest absolute Gasteiger partial charge is 0.124 e. The number of nitrogens with one attached hydrogen (secondary N) is 2. The topological polar surface area (TPSA) is 74.7 Å². The first-order valence-corrected chi connectivity index (χ1v) is 11.6. The minimum absolute atomic E-state index is 0.350. The molecule has 0 saturated heterocycles. The van der Waals surface area contributed by atoms with Crippen molar-refractivity contribution in [2.24, 2.45) is 0 Å². The Hall–Kier alpha value is -3.03. The number of rotatable bonds is 9. The Bertz CT molecular complexity index is 1150. The van der Waals surface area contributed by atoms with E-state index < -0.39 is 0 Å². The van der Waals surface area contributed by atoms with E-state index in [9.17, 15) is 0 Å². The first-order chi connectivity index (χ1) is 15.8. The fraction of sp³-hybridized carbons (Fsp3) is 0.400. The van der Waals surface area contributed by atoms with Gasteiger partial charge in [0.2, 0.25) is 0 Å². The monoisotopic (exact) mass is 429 g/mol. The van der Waals surface area contributed by atoms with Crippen LogP contribution < -0.4 is 5.32 Å². The van der Waals surface area contributed by atoms with Crippen LogP contribution in [0, 0.1) is 0 Å². The number of H-pyrrole nitrogens is 1. The number of para-hydroxylation sites is 2. The third-order valence-corrected chi connectivity index (χ3v) is 6.40. The Labute approximate surface area is 188 Å². The first-order valence-electron chi connectivity index (χ1n) is 11.6. The molecule has 1 atom stereocenters. The highest BCUT2D eigenvalue weighted by Crippen LogP contribution is 2.33. The summed E-state index contributed by atoms with van der Waals surface area (Å²) in [6, 6.07) is 13.1. The maximum Gasteiger partial charge on any atom is 0.124 e. The third kappa shape index (κ3) is 4.45. The highest BCUT2D eigenvalue weighted by Gasteiger charge is 2.26. The maximum absolute atomic E-state index is 5.01. The number of imidazole rings is 2. The third-order valence-electron chi connectivity index (χ3n) is 6.40. The molecule has 1 aliphatic carbocycles. The van der Waals surface area contributed by atoms with Gasteiger partial charge in [-0.3, -0.25) is 9.88 Å². The molecule has 1 aromatic carbocycles. The Kier molecular flexibility index (Phi) is 6.27. The summed E-state index contributed by atoms with van der Waals surface area (Å²) in [5.41, 5.74) is 4.92. The molecule has 0 saturated carbocycles. The fourth-order valence-electron chi connectivity index (χ4n) is 4.81. The summed E-state index contributed by atoms with van der Waals surface area (Å²) in [5, 5.41) is 3.48. The van der Waals surface area contributed by atoms with E-state index in [4.69, 9.17) is 9.97 Å². The molecule has 3 heterocycles. The second-order valence-electron chi connectivity index (χ2n) is 8.61. The lowest BCUT2D eigenvalue weighted by atomic mass is 9.91. The molecular weight excluding hydrogens is 398 g/mol. The summed E-state index contributed by atoms with van der Waals surface area (Å²) in [5.74, 6) is 2.10. The average Bonchev–Trinajstić information content (AvgIpc) is 3.46. The first kappa shape index (κ1) is 20.8. The van der Waals surface area contributed by atoms with Gasteiger partial charge in [0.25, 0.3) is 0 Å². The Morgan fingerprint density at radius 2 is 2.09 bits per heavy atom. The van der Waals surface area contributed by atoms with Crippen molar-refractivity contribution in [2.45, 2.75) is 51.4 Å². The minimum Gasteiger partial charge on any atom is -0.348 e. The van der Waals surface area contributed by atoms with E-state index in [1.807, 2.05) is 12.4 Å². The van der Waals surface area contributed by atoms with Crippen LogP contribution in [0.5, 0.6) is 0 Å². The average molecular weight is 430 g/mol. The second kappa shape index (κ2) is 9.63. The molecule has 0 unspecified atom stereocenters. The van der Waals surface area contributed by atoms with Crippen molar-refractivity contribution in [2.75, 3.05) is 13.6 Å². The van der Waals surface area contributed by atoms with Crippen molar-refractivity contribution in [3.8, 4) is 0 Å². The summed E-state index contributed by atoms with van der Waals surface area (Å²) in [4.78, 5) is 19.6. The second-order valence-corrected chi connectivity index (χ2v) is 8.61. The molecule has 0 radical (unpaired) electrons. The predicted octanol–water partition coefficient (Wildman–Crippen LogP) is 3.84. The number of aromatic nitrogens is 5. The molecule has 0 aliphatic heterocycles. The number of fused-ring (bicyclic) bond motifs is 2. The van der Waals surface area contributed by atoms with Crippen molar-refractivity contribution in [1.29, 1.82) is 0 Å². The van der Waals surface area contributed by atoms with Crippen molar-refractivity contribution >= 4 is 11.0 Å². The van der Waals surface area contributed by atoms with Gasteiger partial charge in [0.15, 0.2) is 0 Å². The zero-order valence-electron chi connectivity index (χ0n) is 18.7. The van der Waals surface area contributed by atoms with Gasteiger partial charge in [0, 0.05) is 25.1 Å². The van der Waals surface area contributed by atoms with E-state index in [1.54, 1.807) is 6.20 Å². The van der Waals surface area contributed by atoms with Crippen LogP contribution in [0.2, 0.25) is 0 Å². The summed E-state index contributed by atoms with van der Waals surface area (Å²) in [6.07, 6.45) is 10.1. The molecule has 7 heteroatoms. The van der Waals surface area contributed by atoms with Crippen molar-refractivity contribution in [3.05, 3.63) is 77.9 Å². The normalized spacial score (nSPS) is 16.0. The zero-order chi connectivity index (χ0) is 21.8. The Morgan fingerprint density at radius 3 is 3.00 bits per heavy atom. The molecule has 3 aromatic heterocycles. The van der Waals surface area contributed by atoms with Crippen LogP contribution >= 0.6 is 0 Å². The Morgan fingerprint density at radius 1 is 1.16 bits per heavy atom. The molecule has 32 heavy (non-hydrogen) atoms. The van der Waals surface area contributed by atoms with Gasteiger partial charge in [-0.15, -0.1) is 0 Å². The number of aromatic amines is 1. The van der Waals surface area contributed by atoms with Crippen LogP contribution in [0.25, 0.3) is 11.0 Å². The van der Waals surface area contributed by atoms with E-state index in [-0.39, 0.29) is 0 Å². The summed E-state index contributed by atoms with van der Waals surface area (Å²) >= 11 is 0. The summed E-state index contributed by atoms with van der Waals surface area (Å²) in [7, 11) is 2.21. The van der Waals surface area contributed by atoms with Gasteiger partial charge < -0.3 is 14.9 Å². The van der Waals surface area contributed by atoms with Crippen molar-refractivity contribution < 1.29 is 0 Å². The van der Waals surface area contributed by atoms with Crippen LogP contribution in [-0.2, 0) is 26.1 Å². The highest BCUT2D eigenvalue weighted by molar-refractivity contribution is 5.75. The van der Waals surface area contributed by atoms with Gasteiger partial charge in [-0.1, -0.05) is 18.2 Å². The van der Waals surface area contributed by atoms with Gasteiger partial charge >= 0.3 is 0 Å². The Balaban J connectivity index is 1.29. The molecule has 2 N–H and O–H groups in total. The van der Waals surface area contributed by atoms with E-state index >= 15 is 0 Å². The maximum atomic E-state index is 5.01. The van der Waals surface area contributed by atoms with Crippen LogP contribution in [0.15, 0.2) is 55.0 Å². The lowest BCUT2D eigenvalue weighted by molar-refractivity contribution is 0.201. The standard InChI is InChI=1S/C25H31N7/c1-31(22-11-4-7-19-8-5-13-29-25(19)22)18-24-30-20-9-2-3-10-21(20)32(24)16-6-12-26-17-23-27-14-15-28-23/h2-3,5,8-10,13-15,22,26H,4,6-7,11-12,16-18H2,1H3,(H,27,28)/t22-/m0/s1. The molecule has 4 aromatic rings. The molecular formula is C25H31N7. The summed E-state index contributed by atoms with van der Waals surface area (Å²) < 4.78 is 2.39. The van der Waals surface area contributed by atoms with Crippen LogP contribution in [0.3, 0.4) is 0 Å². The van der Waals surface area contributed by atoms with Gasteiger partial charge in [-0.2, -0.15) is 0 Å². The van der Waals surface area contributed by atoms with Gasteiger partial charge in [0.05, 0.1) is 35.9 Å². The fourth-order valence-corrected chi connectivity index (χ4v) is 4.81. The molecule has 7 nitrogen and oxygen atoms in total. The van der Waals surface area contributed by atoms with Crippen LogP contribution in [-0.4, -0.2) is 43.0 Å². The molecule has 166 valence electrons. The van der Waals surface area contributed by atoms with Crippen LogP contribution in [0.4, 0.5) is 0 Å². The number of nitrogens with zero attached hydrogens (tertiary/aromatic N) is 5. The largest absolute Gasteiger partial charge is 0.348 e. The van der Waals surface area contributed by atoms with E-state index in [0.717, 1.165) is 62.6 Å². The van der Waals surface area contributed by atoms with Gasteiger partial charge in [-0.05, 0) is 63.0 Å². The number of aryl methyl sites for hydroxylation is 2. The number of hydrogen-bond acceptors (Lipinski definition) is 5. The molecule has 0 spiro atoms. The minimum atomic E-state index is 0.350. The molecule has 5 rings (SSSR count). The van der Waals surface area contributed by atoms with E-state index in [1.165, 1.54) is 23.2 Å². The molecule has 0 fully saturated rings. The SMILES string of the molecule is CN(Cc1nc2ccccc2n1CCCNCc1ncc[nH]1)[C@H]1CCCc2cccnc21. The lowest BCUT2D eigenvalue weighted by Crippen LogP contribution is -2.29. The van der Waals surface area contributed by atoms with E-state index in [0.29, 0.717) is 6.04 Å². The van der Waals surface area contributed by atoms with Gasteiger partial charge in [-0.25, -0.2) is 9.97 Å². The number of pyridine rings is 1. The highest BCUT2D eigenvalue weighted by atomic mass is 15.2. The van der Waals surface area contributed by atoms with Gasteiger partial charge in [0.1, 0.15) is 11.6 Å². The number of benzene rings is 1. The predicted molar refractivity (Wildman–Crippen MR) is 126 cm³/mol. The van der Waals surface area contributed by atoms with Crippen molar-refractivity contribution in [1.82, 2.24) is 34.7 Å². The molecule has 0 bridgehead atoms. The number of hydrogen-bond donors (Lipinski definition) is 2. The molecule has 1 aliphatic rings. The zero-order valence-corrected chi connectivity index (χ0v) is 18.7.